The summed E-state index contributed by atoms with van der Waals surface area (Å²) in [5.74, 6) is -0.763. The van der Waals surface area contributed by atoms with Crippen LogP contribution in [0.3, 0.4) is 0 Å². The molecular weight excluding hydrogens is 338 g/mol. The van der Waals surface area contributed by atoms with Gasteiger partial charge in [0.25, 0.3) is 5.91 Å². The molecule has 0 fully saturated rings. The Balaban J connectivity index is 2.10. The smallest absolute Gasteiger partial charge is 0.303 e. The molecule has 0 saturated heterocycles. The lowest BCUT2D eigenvalue weighted by Crippen LogP contribution is -2.38. The Morgan fingerprint density at radius 1 is 0.778 bits per heavy atom. The molecule has 0 spiro atoms. The van der Waals surface area contributed by atoms with Crippen molar-refractivity contribution in [3.63, 3.8) is 0 Å². The van der Waals surface area contributed by atoms with Gasteiger partial charge in [0.05, 0.1) is 6.04 Å². The molecule has 0 atom stereocenters. The molecule has 27 heavy (non-hydrogen) atoms. The van der Waals surface area contributed by atoms with E-state index in [9.17, 15) is 9.59 Å². The summed E-state index contributed by atoms with van der Waals surface area (Å²) >= 11 is 0. The molecule has 0 saturated carbocycles. The minimum atomic E-state index is -0.479. The van der Waals surface area contributed by atoms with E-state index < -0.39 is 5.97 Å². The number of benzene rings is 3. The van der Waals surface area contributed by atoms with E-state index in [0.717, 1.165) is 16.8 Å². The third-order valence-electron chi connectivity index (χ3n) is 4.19. The molecule has 3 aromatic rings. The van der Waals surface area contributed by atoms with Crippen LogP contribution < -0.4 is 4.90 Å². The molecule has 3 aromatic carbocycles. The molecule has 0 aliphatic rings. The maximum atomic E-state index is 13.1. The first-order valence-corrected chi connectivity index (χ1v) is 8.77. The summed E-state index contributed by atoms with van der Waals surface area (Å²) in [5, 5.41) is 0. The van der Waals surface area contributed by atoms with Crippen molar-refractivity contribution in [2.24, 2.45) is 0 Å². The van der Waals surface area contributed by atoms with Gasteiger partial charge in [-0.3, -0.25) is 14.5 Å². The van der Waals surface area contributed by atoms with E-state index in [-0.39, 0.29) is 18.6 Å². The van der Waals surface area contributed by atoms with Crippen LogP contribution in [0.2, 0.25) is 0 Å². The predicted molar refractivity (Wildman–Crippen MR) is 105 cm³/mol. The molecule has 136 valence electrons. The molecule has 0 heterocycles. The SMILES string of the molecule is CC(=O)OCC(=O)N(c1ccccc1)C(c1ccccc1)c1ccccc1. The van der Waals surface area contributed by atoms with Gasteiger partial charge >= 0.3 is 5.97 Å². The highest BCUT2D eigenvalue weighted by Gasteiger charge is 2.28. The van der Waals surface area contributed by atoms with Gasteiger partial charge in [-0.1, -0.05) is 78.9 Å². The van der Waals surface area contributed by atoms with Crippen molar-refractivity contribution >= 4 is 17.6 Å². The van der Waals surface area contributed by atoms with Gasteiger partial charge in [-0.15, -0.1) is 0 Å². The fraction of sp³-hybridized carbons (Fsp3) is 0.130. The maximum absolute atomic E-state index is 13.1. The Morgan fingerprint density at radius 3 is 1.67 bits per heavy atom. The second-order valence-corrected chi connectivity index (χ2v) is 6.10. The molecule has 0 aliphatic carbocycles. The third kappa shape index (κ3) is 4.61. The second-order valence-electron chi connectivity index (χ2n) is 6.10. The number of carbonyl (C=O) groups excluding carboxylic acids is 2. The van der Waals surface area contributed by atoms with Crippen LogP contribution in [-0.4, -0.2) is 18.5 Å². The lowest BCUT2D eigenvalue weighted by Gasteiger charge is -2.32. The van der Waals surface area contributed by atoms with Gasteiger partial charge < -0.3 is 4.74 Å². The summed E-state index contributed by atoms with van der Waals surface area (Å²) in [6, 6.07) is 28.7. The summed E-state index contributed by atoms with van der Waals surface area (Å²) in [6.07, 6.45) is 0. The topological polar surface area (TPSA) is 46.6 Å². The first-order valence-electron chi connectivity index (χ1n) is 8.77. The van der Waals surface area contributed by atoms with Gasteiger partial charge in [0, 0.05) is 12.6 Å². The van der Waals surface area contributed by atoms with Gasteiger partial charge in [-0.2, -0.15) is 0 Å². The number of carbonyl (C=O) groups is 2. The van der Waals surface area contributed by atoms with Crippen molar-refractivity contribution < 1.29 is 14.3 Å². The van der Waals surface area contributed by atoms with Crippen LogP contribution in [0.1, 0.15) is 24.1 Å². The molecule has 4 heteroatoms. The van der Waals surface area contributed by atoms with Crippen LogP contribution in [-0.2, 0) is 14.3 Å². The maximum Gasteiger partial charge on any atom is 0.303 e. The predicted octanol–water partition coefficient (Wildman–Crippen LogP) is 4.37. The standard InChI is InChI=1S/C23H21NO3/c1-18(25)27-17-22(26)24(21-15-9-4-10-16-21)23(19-11-5-2-6-12-19)20-13-7-3-8-14-20/h2-16,23H,17H2,1H3. The van der Waals surface area contributed by atoms with Gasteiger partial charge in [0.2, 0.25) is 0 Å². The van der Waals surface area contributed by atoms with Crippen LogP contribution >= 0.6 is 0 Å². The van der Waals surface area contributed by atoms with Gasteiger partial charge in [0.1, 0.15) is 0 Å². The molecule has 4 nitrogen and oxygen atoms in total. The van der Waals surface area contributed by atoms with Crippen molar-refractivity contribution in [1.82, 2.24) is 0 Å². The molecule has 1 amide bonds. The molecule has 0 bridgehead atoms. The van der Waals surface area contributed by atoms with Crippen LogP contribution in [0.5, 0.6) is 0 Å². The first-order chi connectivity index (χ1) is 13.2. The highest BCUT2D eigenvalue weighted by molar-refractivity contribution is 5.96. The molecule has 0 N–H and O–H groups in total. The minimum Gasteiger partial charge on any atom is -0.456 e. The summed E-state index contributed by atoms with van der Waals surface area (Å²) in [4.78, 5) is 26.0. The zero-order valence-electron chi connectivity index (χ0n) is 15.1. The number of hydrogen-bond acceptors (Lipinski definition) is 3. The van der Waals surface area contributed by atoms with Crippen molar-refractivity contribution in [1.29, 1.82) is 0 Å². The second kappa shape index (κ2) is 8.81. The number of anilines is 1. The summed E-state index contributed by atoms with van der Waals surface area (Å²) in [5.41, 5.74) is 2.69. The number of ether oxygens (including phenoxy) is 1. The zero-order valence-corrected chi connectivity index (χ0v) is 15.1. The van der Waals surface area contributed by atoms with Gasteiger partial charge in [-0.25, -0.2) is 0 Å². The monoisotopic (exact) mass is 359 g/mol. The van der Waals surface area contributed by atoms with Crippen molar-refractivity contribution in [2.45, 2.75) is 13.0 Å². The molecule has 3 rings (SSSR count). The largest absolute Gasteiger partial charge is 0.456 e. The molecular formula is C23H21NO3. The van der Waals surface area contributed by atoms with Crippen molar-refractivity contribution in [3.05, 3.63) is 102 Å². The Bertz CT molecular complexity index is 840. The first kappa shape index (κ1) is 18.4. The Hall–Kier alpha value is -3.40. The normalized spacial score (nSPS) is 10.4. The Morgan fingerprint density at radius 2 is 1.22 bits per heavy atom. The number of amides is 1. The summed E-state index contributed by atoms with van der Waals surface area (Å²) < 4.78 is 5.00. The number of hydrogen-bond donors (Lipinski definition) is 0. The van der Waals surface area contributed by atoms with Gasteiger partial charge in [-0.05, 0) is 23.3 Å². The molecule has 0 radical (unpaired) electrons. The summed E-state index contributed by atoms with van der Waals surface area (Å²) in [7, 11) is 0. The van der Waals surface area contributed by atoms with Crippen molar-refractivity contribution in [3.8, 4) is 0 Å². The van der Waals surface area contributed by atoms with Crippen LogP contribution in [0.25, 0.3) is 0 Å². The van der Waals surface area contributed by atoms with E-state index in [2.05, 4.69) is 0 Å². The number of esters is 1. The number of rotatable bonds is 6. The van der Waals surface area contributed by atoms with Gasteiger partial charge in [0.15, 0.2) is 6.61 Å². The summed E-state index contributed by atoms with van der Waals surface area (Å²) in [6.45, 7) is 0.992. The van der Waals surface area contributed by atoms with Crippen LogP contribution in [0.4, 0.5) is 5.69 Å². The van der Waals surface area contributed by atoms with Crippen molar-refractivity contribution in [2.75, 3.05) is 11.5 Å². The van der Waals surface area contributed by atoms with E-state index in [1.807, 2.05) is 91.0 Å². The average Bonchev–Trinajstić information content (AvgIpc) is 2.72. The van der Waals surface area contributed by atoms with E-state index in [1.54, 1.807) is 4.90 Å². The lowest BCUT2D eigenvalue weighted by molar-refractivity contribution is -0.145. The van der Waals surface area contributed by atoms with Crippen LogP contribution in [0.15, 0.2) is 91.0 Å². The third-order valence-corrected chi connectivity index (χ3v) is 4.19. The minimum absolute atomic E-state index is 0.283. The lowest BCUT2D eigenvalue weighted by atomic mass is 9.96. The Kier molecular flexibility index (Phi) is 6.00. The average molecular weight is 359 g/mol. The number of nitrogens with zero attached hydrogens (tertiary/aromatic N) is 1. The fourth-order valence-electron chi connectivity index (χ4n) is 3.02. The fourth-order valence-corrected chi connectivity index (χ4v) is 3.02. The van der Waals surface area contributed by atoms with E-state index in [4.69, 9.17) is 4.74 Å². The molecule has 0 aromatic heterocycles. The zero-order chi connectivity index (χ0) is 19.1. The van der Waals surface area contributed by atoms with Crippen LogP contribution in [0, 0.1) is 0 Å². The Labute approximate surface area is 159 Å². The number of para-hydroxylation sites is 1. The van der Waals surface area contributed by atoms with E-state index in [1.165, 1.54) is 6.92 Å². The highest BCUT2D eigenvalue weighted by atomic mass is 16.5. The molecule has 0 unspecified atom stereocenters. The van der Waals surface area contributed by atoms with E-state index in [0.29, 0.717) is 0 Å². The van der Waals surface area contributed by atoms with E-state index >= 15 is 0 Å². The quantitative estimate of drug-likeness (QED) is 0.614. The molecule has 0 aliphatic heterocycles. The highest BCUT2D eigenvalue weighted by Crippen LogP contribution is 2.33.